The van der Waals surface area contributed by atoms with E-state index in [0.717, 1.165) is 12.1 Å². The van der Waals surface area contributed by atoms with Gasteiger partial charge in [-0.1, -0.05) is 11.6 Å². The third-order valence-electron chi connectivity index (χ3n) is 4.92. The summed E-state index contributed by atoms with van der Waals surface area (Å²) in [5.41, 5.74) is 0.456. The van der Waals surface area contributed by atoms with Gasteiger partial charge in [0.05, 0.1) is 37.0 Å². The first kappa shape index (κ1) is 23.4. The van der Waals surface area contributed by atoms with Gasteiger partial charge in [0, 0.05) is 25.7 Å². The molecule has 3 heterocycles. The summed E-state index contributed by atoms with van der Waals surface area (Å²) in [5, 5.41) is 9.28. The predicted octanol–water partition coefficient (Wildman–Crippen LogP) is 3.02. The molecule has 2 N–H and O–H groups in total. The Kier molecular flexibility index (Phi) is 7.43. The fourth-order valence-electron chi connectivity index (χ4n) is 3.26. The molecule has 4 rings (SSSR count). The van der Waals surface area contributed by atoms with Crippen LogP contribution in [0.15, 0.2) is 18.2 Å². The molecule has 0 bridgehead atoms. The largest absolute Gasteiger partial charge is 0.491 e. The number of fused-ring (bicyclic) bond motifs is 1. The number of imidazole rings is 1. The Morgan fingerprint density at radius 3 is 2.67 bits per heavy atom. The number of aromatic amines is 1. The number of hydrogen-bond acceptors (Lipinski definition) is 8. The van der Waals surface area contributed by atoms with E-state index in [1.54, 1.807) is 0 Å². The minimum atomic E-state index is -0.824. The van der Waals surface area contributed by atoms with Crippen molar-refractivity contribution in [3.8, 4) is 17.6 Å². The van der Waals surface area contributed by atoms with Crippen molar-refractivity contribution in [2.24, 2.45) is 0 Å². The topological polar surface area (TPSA) is 108 Å². The van der Waals surface area contributed by atoms with E-state index in [0.29, 0.717) is 18.5 Å². The van der Waals surface area contributed by atoms with E-state index in [2.05, 4.69) is 15.0 Å². The lowest BCUT2D eigenvalue weighted by atomic mass is 10.2. The zero-order chi connectivity index (χ0) is 23.4. The second kappa shape index (κ2) is 10.5. The highest BCUT2D eigenvalue weighted by Gasteiger charge is 2.27. The SMILES string of the molecule is COCCOc1cc(F)c(COc2nc3nc(O[C@@H]4CO[C@H](CO)C4)[nH]c3cc2Cl)c(F)c1. The lowest BCUT2D eigenvalue weighted by Gasteiger charge is -2.11. The summed E-state index contributed by atoms with van der Waals surface area (Å²) in [5.74, 6) is -1.64. The molecule has 12 heteroatoms. The number of rotatable bonds is 10. The Morgan fingerprint density at radius 2 is 1.97 bits per heavy atom. The molecule has 1 aromatic carbocycles. The van der Waals surface area contributed by atoms with Gasteiger partial charge in [-0.15, -0.1) is 0 Å². The number of aromatic nitrogens is 3. The summed E-state index contributed by atoms with van der Waals surface area (Å²) in [6.45, 7) is 0.263. The molecule has 1 saturated heterocycles. The maximum Gasteiger partial charge on any atom is 0.296 e. The molecule has 33 heavy (non-hydrogen) atoms. The van der Waals surface area contributed by atoms with Gasteiger partial charge in [0.15, 0.2) is 5.65 Å². The van der Waals surface area contributed by atoms with Gasteiger partial charge in [-0.2, -0.15) is 9.97 Å². The molecule has 178 valence electrons. The molecule has 0 saturated carbocycles. The van der Waals surface area contributed by atoms with Crippen molar-refractivity contribution >= 4 is 22.8 Å². The molecule has 0 amide bonds. The third-order valence-corrected chi connectivity index (χ3v) is 5.19. The summed E-state index contributed by atoms with van der Waals surface area (Å²) < 4.78 is 55.4. The number of aliphatic hydroxyl groups excluding tert-OH is 1. The highest BCUT2D eigenvalue weighted by molar-refractivity contribution is 6.32. The number of ether oxygens (including phenoxy) is 5. The van der Waals surface area contributed by atoms with Crippen LogP contribution in [0.2, 0.25) is 5.02 Å². The number of benzene rings is 1. The summed E-state index contributed by atoms with van der Waals surface area (Å²) in [6.07, 6.45) is 0.00343. The number of hydrogen-bond donors (Lipinski definition) is 2. The van der Waals surface area contributed by atoms with Crippen LogP contribution in [0, 0.1) is 11.6 Å². The van der Waals surface area contributed by atoms with Gasteiger partial charge < -0.3 is 33.8 Å². The number of methoxy groups -OCH3 is 1. The maximum atomic E-state index is 14.4. The number of H-pyrrole nitrogens is 1. The van der Waals surface area contributed by atoms with Gasteiger partial charge in [0.2, 0.25) is 5.88 Å². The van der Waals surface area contributed by atoms with Gasteiger partial charge in [0.25, 0.3) is 6.01 Å². The van der Waals surface area contributed by atoms with Crippen LogP contribution in [0.5, 0.6) is 17.6 Å². The van der Waals surface area contributed by atoms with E-state index in [-0.39, 0.29) is 65.9 Å². The van der Waals surface area contributed by atoms with Crippen molar-refractivity contribution in [1.29, 1.82) is 0 Å². The molecule has 0 spiro atoms. The zero-order valence-corrected chi connectivity index (χ0v) is 18.4. The Labute approximate surface area is 192 Å². The maximum absolute atomic E-state index is 14.4. The number of nitrogens with one attached hydrogen (secondary N) is 1. The fraction of sp³-hybridized carbons (Fsp3) is 0.429. The second-order valence-corrected chi connectivity index (χ2v) is 7.70. The summed E-state index contributed by atoms with van der Waals surface area (Å²) in [7, 11) is 1.50. The highest BCUT2D eigenvalue weighted by Crippen LogP contribution is 2.29. The van der Waals surface area contributed by atoms with Gasteiger partial charge >= 0.3 is 0 Å². The number of pyridine rings is 1. The highest BCUT2D eigenvalue weighted by atomic mass is 35.5. The third kappa shape index (κ3) is 5.61. The first-order valence-corrected chi connectivity index (χ1v) is 10.5. The van der Waals surface area contributed by atoms with Crippen LogP contribution in [0.3, 0.4) is 0 Å². The minimum absolute atomic E-state index is 0.0361. The molecule has 3 aromatic rings. The monoisotopic (exact) mass is 485 g/mol. The fourth-order valence-corrected chi connectivity index (χ4v) is 3.47. The zero-order valence-electron chi connectivity index (χ0n) is 17.6. The van der Waals surface area contributed by atoms with E-state index in [9.17, 15) is 8.78 Å². The Bertz CT molecular complexity index is 1090. The standard InChI is InChI=1S/C21H22ClF2N3O6/c1-29-2-3-30-11-5-16(23)14(17(24)6-11)10-32-20-15(22)7-18-19(26-20)27-21(25-18)33-13-4-12(8-28)31-9-13/h5-7,12-13,28H,2-4,8-10H2,1H3,(H,25,26,27)/t12-,13-/m0/s1. The molecule has 0 unspecified atom stereocenters. The number of aliphatic hydroxyl groups is 1. The molecule has 0 aliphatic carbocycles. The summed E-state index contributed by atoms with van der Waals surface area (Å²) >= 11 is 6.22. The van der Waals surface area contributed by atoms with E-state index < -0.39 is 18.2 Å². The van der Waals surface area contributed by atoms with Gasteiger partial charge in [-0.05, 0) is 6.07 Å². The predicted molar refractivity (Wildman–Crippen MR) is 113 cm³/mol. The molecular formula is C21H22ClF2N3O6. The van der Waals surface area contributed by atoms with Crippen molar-refractivity contribution in [3.05, 3.63) is 40.4 Å². The van der Waals surface area contributed by atoms with Crippen molar-refractivity contribution in [3.63, 3.8) is 0 Å². The summed E-state index contributed by atoms with van der Waals surface area (Å²) in [4.78, 5) is 11.4. The van der Waals surface area contributed by atoms with Gasteiger partial charge in [-0.3, -0.25) is 0 Å². The molecular weight excluding hydrogens is 464 g/mol. The van der Waals surface area contributed by atoms with Crippen LogP contribution in [-0.2, 0) is 16.1 Å². The van der Waals surface area contributed by atoms with Gasteiger partial charge in [-0.25, -0.2) is 8.78 Å². The molecule has 1 aliphatic rings. The smallest absolute Gasteiger partial charge is 0.296 e. The number of nitrogens with zero attached hydrogens (tertiary/aromatic N) is 2. The summed E-state index contributed by atoms with van der Waals surface area (Å²) in [6, 6.07) is 3.88. The lowest BCUT2D eigenvalue weighted by molar-refractivity contribution is 0.0528. The van der Waals surface area contributed by atoms with Crippen LogP contribution in [0.4, 0.5) is 8.78 Å². The molecule has 1 fully saturated rings. The van der Waals surface area contributed by atoms with E-state index in [1.165, 1.54) is 13.2 Å². The molecule has 1 aliphatic heterocycles. The van der Waals surface area contributed by atoms with E-state index in [4.69, 9.17) is 40.4 Å². The van der Waals surface area contributed by atoms with Crippen LogP contribution in [0.1, 0.15) is 12.0 Å². The Hall–Kier alpha value is -2.73. The van der Waals surface area contributed by atoms with Crippen molar-refractivity contribution in [2.45, 2.75) is 25.2 Å². The van der Waals surface area contributed by atoms with Crippen LogP contribution < -0.4 is 14.2 Å². The average Bonchev–Trinajstić information content (AvgIpc) is 3.39. The first-order valence-electron chi connectivity index (χ1n) is 10.1. The number of halogens is 3. The quantitative estimate of drug-likeness (QED) is 0.422. The second-order valence-electron chi connectivity index (χ2n) is 7.30. The van der Waals surface area contributed by atoms with Gasteiger partial charge in [0.1, 0.15) is 41.7 Å². The first-order chi connectivity index (χ1) is 16.0. The normalized spacial score (nSPS) is 18.1. The average molecular weight is 486 g/mol. The molecule has 2 atom stereocenters. The molecule has 2 aromatic heterocycles. The Balaban J connectivity index is 1.44. The van der Waals surface area contributed by atoms with E-state index >= 15 is 0 Å². The minimum Gasteiger partial charge on any atom is -0.491 e. The Morgan fingerprint density at radius 1 is 1.18 bits per heavy atom. The van der Waals surface area contributed by atoms with E-state index in [1.807, 2.05) is 0 Å². The van der Waals surface area contributed by atoms with Crippen LogP contribution in [0.25, 0.3) is 11.2 Å². The molecule has 0 radical (unpaired) electrons. The lowest BCUT2D eigenvalue weighted by Crippen LogP contribution is -2.17. The van der Waals surface area contributed by atoms with Crippen LogP contribution in [-0.4, -0.2) is 65.8 Å². The molecule has 9 nitrogen and oxygen atoms in total. The van der Waals surface area contributed by atoms with Crippen LogP contribution >= 0.6 is 11.6 Å². The van der Waals surface area contributed by atoms with Crippen molar-refractivity contribution in [2.75, 3.05) is 33.5 Å². The van der Waals surface area contributed by atoms with Crippen molar-refractivity contribution < 1.29 is 37.6 Å². The van der Waals surface area contributed by atoms with Crippen molar-refractivity contribution in [1.82, 2.24) is 15.0 Å².